The summed E-state index contributed by atoms with van der Waals surface area (Å²) in [5.74, 6) is 0.152. The molecule has 0 aromatic rings. The molecule has 1 N–H and O–H groups in total. The topological polar surface area (TPSA) is 58.6 Å². The molecule has 1 amide bonds. The molecule has 1 saturated heterocycles. The molecule has 0 radical (unpaired) electrons. The van der Waals surface area contributed by atoms with Gasteiger partial charge in [-0.1, -0.05) is 6.92 Å². The normalized spacial score (nSPS) is 17.9. The Morgan fingerprint density at radius 2 is 2.18 bits per heavy atom. The van der Waals surface area contributed by atoms with Crippen molar-refractivity contribution in [1.29, 1.82) is 0 Å². The largest absolute Gasteiger partial charge is 0.372 e. The van der Waals surface area contributed by atoms with Gasteiger partial charge in [-0.15, -0.1) is 0 Å². The lowest BCUT2D eigenvalue weighted by Gasteiger charge is -2.31. The minimum atomic E-state index is 0.152. The van der Waals surface area contributed by atoms with E-state index in [1.807, 2.05) is 6.92 Å². The molecule has 1 heterocycles. The summed E-state index contributed by atoms with van der Waals surface area (Å²) in [6.07, 6.45) is 3.31. The van der Waals surface area contributed by atoms with Gasteiger partial charge in [0.1, 0.15) is 6.61 Å². The lowest BCUT2D eigenvalue weighted by molar-refractivity contribution is -0.123. The molecular formula is C12H22N2O3. The summed E-state index contributed by atoms with van der Waals surface area (Å²) >= 11 is 0. The third-order valence-corrected chi connectivity index (χ3v) is 3.10. The maximum Gasteiger partial charge on any atom is 0.207 e. The van der Waals surface area contributed by atoms with Crippen LogP contribution in [0, 0.1) is 0 Å². The number of carbonyl (C=O) groups excluding carboxylic acids is 2. The number of rotatable bonds is 8. The molecule has 0 aromatic heterocycles. The summed E-state index contributed by atoms with van der Waals surface area (Å²) in [6.45, 7) is 5.52. The van der Waals surface area contributed by atoms with E-state index >= 15 is 0 Å². The van der Waals surface area contributed by atoms with Gasteiger partial charge in [0.05, 0.1) is 6.61 Å². The fourth-order valence-electron chi connectivity index (χ4n) is 1.90. The standard InChI is InChI=1S/C12H22N2O3/c1-2-12(16)9-17-8-7-14-5-3-11(4-6-14)13-10-15/h10-11H,2-9H2,1H3,(H,13,15). The third kappa shape index (κ3) is 5.79. The zero-order valence-corrected chi connectivity index (χ0v) is 10.5. The molecule has 0 unspecified atom stereocenters. The Bertz CT molecular complexity index is 238. The first-order valence-electron chi connectivity index (χ1n) is 6.27. The number of carbonyl (C=O) groups is 2. The minimum Gasteiger partial charge on any atom is -0.372 e. The smallest absolute Gasteiger partial charge is 0.207 e. The second-order valence-corrected chi connectivity index (χ2v) is 4.35. The molecule has 0 saturated carbocycles. The molecule has 17 heavy (non-hydrogen) atoms. The number of hydrogen-bond donors (Lipinski definition) is 1. The van der Waals surface area contributed by atoms with E-state index < -0.39 is 0 Å². The van der Waals surface area contributed by atoms with Crippen LogP contribution in [0.15, 0.2) is 0 Å². The zero-order chi connectivity index (χ0) is 12.5. The van der Waals surface area contributed by atoms with Crippen LogP contribution in [-0.4, -0.2) is 56.0 Å². The van der Waals surface area contributed by atoms with Crippen molar-refractivity contribution in [2.45, 2.75) is 32.2 Å². The highest BCUT2D eigenvalue weighted by Gasteiger charge is 2.17. The monoisotopic (exact) mass is 242 g/mol. The van der Waals surface area contributed by atoms with Gasteiger partial charge >= 0.3 is 0 Å². The molecule has 0 atom stereocenters. The maximum absolute atomic E-state index is 11.0. The van der Waals surface area contributed by atoms with E-state index in [9.17, 15) is 9.59 Å². The number of hydrogen-bond acceptors (Lipinski definition) is 4. The molecule has 1 aliphatic heterocycles. The van der Waals surface area contributed by atoms with Gasteiger partial charge in [-0.05, 0) is 12.8 Å². The summed E-state index contributed by atoms with van der Waals surface area (Å²) in [5, 5.41) is 2.81. The third-order valence-electron chi connectivity index (χ3n) is 3.10. The van der Waals surface area contributed by atoms with Gasteiger partial charge in [-0.25, -0.2) is 0 Å². The summed E-state index contributed by atoms with van der Waals surface area (Å²) in [6, 6.07) is 0.325. The lowest BCUT2D eigenvalue weighted by Crippen LogP contribution is -2.43. The molecule has 5 heteroatoms. The zero-order valence-electron chi connectivity index (χ0n) is 10.5. The van der Waals surface area contributed by atoms with Crippen molar-refractivity contribution >= 4 is 12.2 Å². The SMILES string of the molecule is CCC(=O)COCCN1CCC(NC=O)CC1. The Hall–Kier alpha value is -0.940. The van der Waals surface area contributed by atoms with Gasteiger partial charge in [0, 0.05) is 32.1 Å². The fourth-order valence-corrected chi connectivity index (χ4v) is 1.90. The number of ether oxygens (including phenoxy) is 1. The van der Waals surface area contributed by atoms with E-state index in [1.165, 1.54) is 0 Å². The lowest BCUT2D eigenvalue weighted by atomic mass is 10.1. The van der Waals surface area contributed by atoms with Gasteiger partial charge in [-0.2, -0.15) is 0 Å². The highest BCUT2D eigenvalue weighted by molar-refractivity contribution is 5.79. The minimum absolute atomic E-state index is 0.152. The second kappa shape index (κ2) is 8.20. The summed E-state index contributed by atoms with van der Waals surface area (Å²) in [7, 11) is 0. The molecule has 0 bridgehead atoms. The van der Waals surface area contributed by atoms with Crippen LogP contribution in [0.4, 0.5) is 0 Å². The fraction of sp³-hybridized carbons (Fsp3) is 0.833. The molecular weight excluding hydrogens is 220 g/mol. The van der Waals surface area contributed by atoms with Crippen molar-refractivity contribution < 1.29 is 14.3 Å². The van der Waals surface area contributed by atoms with Crippen LogP contribution in [0.2, 0.25) is 0 Å². The highest BCUT2D eigenvalue weighted by atomic mass is 16.5. The van der Waals surface area contributed by atoms with E-state index in [0.29, 0.717) is 19.1 Å². The van der Waals surface area contributed by atoms with Crippen molar-refractivity contribution in [3.05, 3.63) is 0 Å². The van der Waals surface area contributed by atoms with Crippen LogP contribution in [-0.2, 0) is 14.3 Å². The number of piperidine rings is 1. The van der Waals surface area contributed by atoms with E-state index in [2.05, 4.69) is 10.2 Å². The Balaban J connectivity index is 2.02. The van der Waals surface area contributed by atoms with Crippen LogP contribution in [0.25, 0.3) is 0 Å². The summed E-state index contributed by atoms with van der Waals surface area (Å²) < 4.78 is 5.30. The Labute approximate surface area is 102 Å². The Morgan fingerprint density at radius 1 is 1.47 bits per heavy atom. The quantitative estimate of drug-likeness (QED) is 0.488. The first-order valence-corrected chi connectivity index (χ1v) is 6.27. The predicted molar refractivity (Wildman–Crippen MR) is 64.8 cm³/mol. The van der Waals surface area contributed by atoms with Gasteiger partial charge in [-0.3, -0.25) is 9.59 Å². The maximum atomic E-state index is 11.0. The number of ketones is 1. The summed E-state index contributed by atoms with van der Waals surface area (Å²) in [5.41, 5.74) is 0. The van der Waals surface area contributed by atoms with Crippen molar-refractivity contribution in [2.24, 2.45) is 0 Å². The van der Waals surface area contributed by atoms with Crippen LogP contribution in [0.1, 0.15) is 26.2 Å². The van der Waals surface area contributed by atoms with E-state index in [0.717, 1.165) is 38.9 Å². The van der Waals surface area contributed by atoms with Crippen molar-refractivity contribution in [1.82, 2.24) is 10.2 Å². The van der Waals surface area contributed by atoms with E-state index in [1.54, 1.807) is 0 Å². The van der Waals surface area contributed by atoms with Gasteiger partial charge in [0.15, 0.2) is 5.78 Å². The molecule has 5 nitrogen and oxygen atoms in total. The summed E-state index contributed by atoms with van der Waals surface area (Å²) in [4.78, 5) is 23.6. The first kappa shape index (κ1) is 14.1. The molecule has 1 aliphatic rings. The Kier molecular flexibility index (Phi) is 6.81. The second-order valence-electron chi connectivity index (χ2n) is 4.35. The highest BCUT2D eigenvalue weighted by Crippen LogP contribution is 2.09. The molecule has 0 aliphatic carbocycles. The number of nitrogens with zero attached hydrogens (tertiary/aromatic N) is 1. The van der Waals surface area contributed by atoms with E-state index in [-0.39, 0.29) is 12.4 Å². The Morgan fingerprint density at radius 3 is 2.76 bits per heavy atom. The van der Waals surface area contributed by atoms with Crippen molar-refractivity contribution in [2.75, 3.05) is 32.8 Å². The molecule has 98 valence electrons. The molecule has 0 spiro atoms. The molecule has 1 rings (SSSR count). The van der Waals surface area contributed by atoms with Gasteiger partial charge < -0.3 is 15.0 Å². The first-order chi connectivity index (χ1) is 8.26. The van der Waals surface area contributed by atoms with Crippen LogP contribution < -0.4 is 5.32 Å². The molecule has 1 fully saturated rings. The molecule has 0 aromatic carbocycles. The van der Waals surface area contributed by atoms with Gasteiger partial charge in [0.25, 0.3) is 0 Å². The number of nitrogens with one attached hydrogen (secondary N) is 1. The van der Waals surface area contributed by atoms with Crippen LogP contribution >= 0.6 is 0 Å². The average Bonchev–Trinajstić information content (AvgIpc) is 2.36. The predicted octanol–water partition coefficient (Wildman–Crippen LogP) is 0.193. The van der Waals surface area contributed by atoms with Crippen LogP contribution in [0.3, 0.4) is 0 Å². The van der Waals surface area contributed by atoms with E-state index in [4.69, 9.17) is 4.74 Å². The van der Waals surface area contributed by atoms with Crippen molar-refractivity contribution in [3.8, 4) is 0 Å². The van der Waals surface area contributed by atoms with Crippen LogP contribution in [0.5, 0.6) is 0 Å². The number of likely N-dealkylation sites (tertiary alicyclic amines) is 1. The number of amides is 1. The number of Topliss-reactive ketones (excluding diaryl/α,β-unsaturated/α-hetero) is 1. The van der Waals surface area contributed by atoms with Gasteiger partial charge in [0.2, 0.25) is 6.41 Å². The average molecular weight is 242 g/mol. The van der Waals surface area contributed by atoms with Crippen molar-refractivity contribution in [3.63, 3.8) is 0 Å².